The summed E-state index contributed by atoms with van der Waals surface area (Å²) >= 11 is 0. The smallest absolute Gasteiger partial charge is 0.283 e. The van der Waals surface area contributed by atoms with Gasteiger partial charge in [0, 0.05) is 29.1 Å². The highest BCUT2D eigenvalue weighted by Gasteiger charge is 2.48. The van der Waals surface area contributed by atoms with Crippen LogP contribution < -0.4 is 15.2 Å². The molecule has 2 aromatic heterocycles. The fourth-order valence-electron chi connectivity index (χ4n) is 3.80. The largest absolute Gasteiger partial charge is 0.493 e. The lowest BCUT2D eigenvalue weighted by molar-refractivity contribution is 0.197. The minimum atomic E-state index is -0.926. The number of nitrogens with two attached hydrogens (primary N) is 1. The molecule has 0 radical (unpaired) electrons. The molecular weight excluding hydrogens is 411 g/mol. The Bertz CT molecular complexity index is 1220. The number of pyridine rings is 2. The molecule has 1 aromatic carbocycles. The number of benzene rings is 1. The van der Waals surface area contributed by atoms with Crippen LogP contribution in [0.3, 0.4) is 0 Å². The van der Waals surface area contributed by atoms with Gasteiger partial charge in [-0.3, -0.25) is 0 Å². The Labute approximate surface area is 185 Å². The third kappa shape index (κ3) is 3.51. The molecule has 2 aliphatic rings. The first-order valence-electron chi connectivity index (χ1n) is 10.3. The van der Waals surface area contributed by atoms with Gasteiger partial charge in [0.25, 0.3) is 6.02 Å². The molecule has 2 N–H and O–H groups in total. The predicted octanol–water partition coefficient (Wildman–Crippen LogP) is 4.40. The molecule has 2 aliphatic heterocycles. The van der Waals surface area contributed by atoms with Crippen molar-refractivity contribution in [1.82, 2.24) is 9.97 Å². The maximum absolute atomic E-state index is 13.3. The van der Waals surface area contributed by atoms with Crippen molar-refractivity contribution in [2.24, 2.45) is 16.1 Å². The van der Waals surface area contributed by atoms with Gasteiger partial charge in [-0.15, -0.1) is 0 Å². The molecule has 0 aliphatic carbocycles. The molecule has 7 nitrogen and oxygen atoms in total. The van der Waals surface area contributed by atoms with E-state index in [4.69, 9.17) is 19.9 Å². The van der Waals surface area contributed by atoms with E-state index in [0.29, 0.717) is 29.5 Å². The molecule has 1 spiro atoms. The van der Waals surface area contributed by atoms with Crippen molar-refractivity contribution in [2.45, 2.75) is 26.3 Å². The van der Waals surface area contributed by atoms with Crippen LogP contribution in [0, 0.1) is 11.4 Å². The van der Waals surface area contributed by atoms with E-state index in [1.54, 1.807) is 12.3 Å². The van der Waals surface area contributed by atoms with Crippen molar-refractivity contribution in [3.63, 3.8) is 0 Å². The summed E-state index contributed by atoms with van der Waals surface area (Å²) in [6.07, 6.45) is 3.13. The van der Waals surface area contributed by atoms with E-state index in [9.17, 15) is 4.39 Å². The molecule has 5 rings (SSSR count). The highest BCUT2D eigenvalue weighted by molar-refractivity contribution is 5.77. The van der Waals surface area contributed by atoms with Crippen molar-refractivity contribution < 1.29 is 18.6 Å². The molecule has 0 unspecified atom stereocenters. The van der Waals surface area contributed by atoms with E-state index in [1.165, 1.54) is 12.3 Å². The first-order chi connectivity index (χ1) is 15.2. The molecule has 0 saturated carbocycles. The zero-order valence-electron chi connectivity index (χ0n) is 18.1. The Kier molecular flexibility index (Phi) is 4.54. The summed E-state index contributed by atoms with van der Waals surface area (Å²) in [6, 6.07) is 10.6. The predicted molar refractivity (Wildman–Crippen MR) is 117 cm³/mol. The van der Waals surface area contributed by atoms with Crippen LogP contribution in [0.2, 0.25) is 0 Å². The lowest BCUT2D eigenvalue weighted by Crippen LogP contribution is -2.31. The molecule has 0 amide bonds. The summed E-state index contributed by atoms with van der Waals surface area (Å²) in [4.78, 5) is 12.9. The molecule has 1 atom stereocenters. The average Bonchev–Trinajstić information content (AvgIpc) is 3.15. The van der Waals surface area contributed by atoms with E-state index < -0.39 is 11.5 Å². The number of hydrogen-bond acceptors (Lipinski definition) is 7. The lowest BCUT2D eigenvalue weighted by Gasteiger charge is -2.33. The molecule has 164 valence electrons. The average molecular weight is 434 g/mol. The molecule has 0 fully saturated rings. The summed E-state index contributed by atoms with van der Waals surface area (Å²) in [5.74, 6) is 1.20. The Hall–Kier alpha value is -3.68. The second-order valence-electron chi connectivity index (χ2n) is 9.15. The maximum atomic E-state index is 13.3. The molecule has 32 heavy (non-hydrogen) atoms. The molecular formula is C24H23FN4O3. The topological polar surface area (TPSA) is 91.9 Å². The fourth-order valence-corrected chi connectivity index (χ4v) is 3.80. The van der Waals surface area contributed by atoms with E-state index in [2.05, 4.69) is 35.7 Å². The van der Waals surface area contributed by atoms with Gasteiger partial charge in [0.15, 0.2) is 5.54 Å². The van der Waals surface area contributed by atoms with Gasteiger partial charge in [0.2, 0.25) is 11.8 Å². The number of aromatic nitrogens is 2. The van der Waals surface area contributed by atoms with Crippen molar-refractivity contribution in [2.75, 3.05) is 13.2 Å². The SMILES string of the molecule is CC(C)(C)COc1ccc2c(c1)[C@]1(COC(N)=N1)c1cc(-c3ccc(F)nc3)cnc1O2. The number of fused-ring (bicyclic) bond motifs is 4. The van der Waals surface area contributed by atoms with Crippen molar-refractivity contribution in [1.29, 1.82) is 0 Å². The van der Waals surface area contributed by atoms with Gasteiger partial charge in [-0.25, -0.2) is 15.0 Å². The lowest BCUT2D eigenvalue weighted by atomic mass is 9.81. The Morgan fingerprint density at radius 2 is 1.88 bits per heavy atom. The third-order valence-corrected chi connectivity index (χ3v) is 5.36. The Morgan fingerprint density at radius 1 is 1.06 bits per heavy atom. The number of ether oxygens (including phenoxy) is 3. The maximum Gasteiger partial charge on any atom is 0.283 e. The summed E-state index contributed by atoms with van der Waals surface area (Å²) in [6.45, 7) is 7.10. The molecule has 0 saturated heterocycles. The van der Waals surface area contributed by atoms with Crippen LogP contribution >= 0.6 is 0 Å². The van der Waals surface area contributed by atoms with Gasteiger partial charge in [0.1, 0.15) is 18.1 Å². The van der Waals surface area contributed by atoms with E-state index in [-0.39, 0.29) is 18.0 Å². The number of amidine groups is 1. The second-order valence-corrected chi connectivity index (χ2v) is 9.15. The van der Waals surface area contributed by atoms with Crippen LogP contribution in [0.1, 0.15) is 31.9 Å². The molecule has 0 bridgehead atoms. The number of nitrogens with zero attached hydrogens (tertiary/aromatic N) is 3. The second kappa shape index (κ2) is 7.19. The van der Waals surface area contributed by atoms with Crippen LogP contribution in [0.25, 0.3) is 11.1 Å². The number of rotatable bonds is 3. The summed E-state index contributed by atoms with van der Waals surface area (Å²) in [7, 11) is 0. The van der Waals surface area contributed by atoms with Gasteiger partial charge >= 0.3 is 0 Å². The third-order valence-electron chi connectivity index (χ3n) is 5.36. The number of hydrogen-bond donors (Lipinski definition) is 1. The van der Waals surface area contributed by atoms with Gasteiger partial charge in [-0.1, -0.05) is 20.8 Å². The normalized spacial score (nSPS) is 18.9. The van der Waals surface area contributed by atoms with Gasteiger partial charge in [0.05, 0.1) is 12.2 Å². The number of aliphatic imine (C=N–C) groups is 1. The van der Waals surface area contributed by atoms with Crippen LogP contribution in [0.5, 0.6) is 17.4 Å². The van der Waals surface area contributed by atoms with Crippen molar-refractivity contribution in [3.05, 3.63) is 65.9 Å². The van der Waals surface area contributed by atoms with Gasteiger partial charge < -0.3 is 19.9 Å². The summed E-state index contributed by atoms with van der Waals surface area (Å²) in [5, 5.41) is 0. The van der Waals surface area contributed by atoms with E-state index in [0.717, 1.165) is 16.7 Å². The summed E-state index contributed by atoms with van der Waals surface area (Å²) in [5.41, 5.74) is 8.01. The zero-order chi connectivity index (χ0) is 22.5. The zero-order valence-corrected chi connectivity index (χ0v) is 18.1. The molecule has 4 heterocycles. The quantitative estimate of drug-likeness (QED) is 0.615. The van der Waals surface area contributed by atoms with E-state index in [1.807, 2.05) is 24.3 Å². The van der Waals surface area contributed by atoms with Crippen molar-refractivity contribution in [3.8, 4) is 28.5 Å². The molecule has 3 aromatic rings. The minimum Gasteiger partial charge on any atom is -0.493 e. The highest BCUT2D eigenvalue weighted by atomic mass is 19.1. The highest BCUT2D eigenvalue weighted by Crippen LogP contribution is 2.51. The minimum absolute atomic E-state index is 0.0117. The van der Waals surface area contributed by atoms with Gasteiger partial charge in [-0.05, 0) is 41.8 Å². The van der Waals surface area contributed by atoms with E-state index >= 15 is 0 Å². The van der Waals surface area contributed by atoms with Crippen LogP contribution in [0.4, 0.5) is 4.39 Å². The number of halogens is 1. The monoisotopic (exact) mass is 434 g/mol. The van der Waals surface area contributed by atoms with Crippen LogP contribution in [0.15, 0.2) is 53.8 Å². The van der Waals surface area contributed by atoms with Crippen LogP contribution in [-0.4, -0.2) is 29.2 Å². The van der Waals surface area contributed by atoms with Gasteiger partial charge in [-0.2, -0.15) is 4.39 Å². The van der Waals surface area contributed by atoms with Crippen LogP contribution in [-0.2, 0) is 10.3 Å². The fraction of sp³-hybridized carbons (Fsp3) is 0.292. The first-order valence-corrected chi connectivity index (χ1v) is 10.3. The standard InChI is InChI=1S/C24H23FN4O3/c1-23(2,3)12-30-16-5-6-19-17(9-16)24(13-31-22(26)29-24)18-8-15(11-28-21(18)32-19)14-4-7-20(25)27-10-14/h4-11H,12-13H2,1-3H3,(H2,26,29)/t24-/m1/s1. The molecule has 8 heteroatoms. The Balaban J connectivity index is 1.62. The first kappa shape index (κ1) is 20.2. The summed E-state index contributed by atoms with van der Waals surface area (Å²) < 4.78 is 31.0. The Morgan fingerprint density at radius 3 is 2.56 bits per heavy atom. The van der Waals surface area contributed by atoms with Crippen molar-refractivity contribution >= 4 is 6.02 Å².